The van der Waals surface area contributed by atoms with Crippen molar-refractivity contribution in [3.8, 4) is 0 Å². The molecule has 1 atom stereocenters. The summed E-state index contributed by atoms with van der Waals surface area (Å²) >= 11 is 1.30. The molecule has 0 aromatic rings. The standard InChI is InChI=1S/C4H9O.Ta/c1-3-4(2)5;/h4-5H,2-3H2,1H3;. The molecule has 0 spiro atoms. The van der Waals surface area contributed by atoms with Gasteiger partial charge in [0.25, 0.3) is 0 Å². The Morgan fingerprint density at radius 3 is 2.33 bits per heavy atom. The van der Waals surface area contributed by atoms with Gasteiger partial charge >= 0.3 is 50.3 Å². The van der Waals surface area contributed by atoms with E-state index in [4.69, 9.17) is 5.11 Å². The Labute approximate surface area is 50.7 Å². The van der Waals surface area contributed by atoms with Crippen molar-refractivity contribution in [3.05, 3.63) is 0 Å². The van der Waals surface area contributed by atoms with Crippen LogP contribution in [0.3, 0.4) is 0 Å². The van der Waals surface area contributed by atoms with Crippen molar-refractivity contribution >= 4 is 0 Å². The second-order valence-corrected chi connectivity index (χ2v) is 2.56. The van der Waals surface area contributed by atoms with Crippen LogP contribution in [0, 0.1) is 0 Å². The van der Waals surface area contributed by atoms with Gasteiger partial charge in [-0.15, -0.1) is 0 Å². The number of hydrogen-bond acceptors (Lipinski definition) is 1. The van der Waals surface area contributed by atoms with Gasteiger partial charge in [-0.1, -0.05) is 0 Å². The first-order valence-corrected chi connectivity index (χ1v) is 4.37. The zero-order valence-electron chi connectivity index (χ0n) is 3.89. The van der Waals surface area contributed by atoms with Crippen molar-refractivity contribution in [2.75, 3.05) is 0 Å². The van der Waals surface area contributed by atoms with Crippen LogP contribution in [-0.4, -0.2) is 11.2 Å². The minimum absolute atomic E-state index is 0.0154. The Morgan fingerprint density at radius 1 is 1.83 bits per heavy atom. The number of hydrogen-bond donors (Lipinski definition) is 1. The van der Waals surface area contributed by atoms with E-state index < -0.39 is 0 Å². The van der Waals surface area contributed by atoms with Crippen molar-refractivity contribution in [1.29, 1.82) is 0 Å². The molecule has 36 valence electrons. The molecule has 0 saturated carbocycles. The second-order valence-electron chi connectivity index (χ2n) is 1.24. The molecule has 6 heavy (non-hydrogen) atoms. The molecule has 0 aliphatic heterocycles. The van der Waals surface area contributed by atoms with Crippen LogP contribution >= 0.6 is 0 Å². The van der Waals surface area contributed by atoms with E-state index in [0.29, 0.717) is 0 Å². The fourth-order valence-corrected chi connectivity index (χ4v) is 1.06. The first-order valence-electron chi connectivity index (χ1n) is 2.10. The SMILES string of the molecule is CCC(O)[CH2][Ta]. The Morgan fingerprint density at radius 2 is 2.33 bits per heavy atom. The van der Waals surface area contributed by atoms with Gasteiger partial charge < -0.3 is 0 Å². The van der Waals surface area contributed by atoms with Crippen molar-refractivity contribution < 1.29 is 26.2 Å². The molecule has 0 bridgehead atoms. The summed E-state index contributed by atoms with van der Waals surface area (Å²) in [5.74, 6) is 0. The molecule has 0 aliphatic rings. The maximum atomic E-state index is 8.69. The quantitative estimate of drug-likeness (QED) is 0.770. The van der Waals surface area contributed by atoms with E-state index in [9.17, 15) is 0 Å². The van der Waals surface area contributed by atoms with Crippen LogP contribution in [0.1, 0.15) is 13.3 Å². The Kier molecular flexibility index (Phi) is 4.33. The summed E-state index contributed by atoms with van der Waals surface area (Å²) in [5.41, 5.74) is 0. The third-order valence-corrected chi connectivity index (χ3v) is 2.20. The molecule has 0 aromatic carbocycles. The Balaban J connectivity index is 2.75. The van der Waals surface area contributed by atoms with Gasteiger partial charge in [-0.05, 0) is 0 Å². The fourth-order valence-electron chi connectivity index (χ4n) is 0.129. The molecule has 0 rings (SSSR count). The summed E-state index contributed by atoms with van der Waals surface area (Å²) in [5, 5.41) is 8.69. The van der Waals surface area contributed by atoms with E-state index in [0.717, 1.165) is 11.1 Å². The second kappa shape index (κ2) is 3.88. The number of aliphatic hydroxyl groups is 1. The van der Waals surface area contributed by atoms with Crippen LogP contribution in [0.15, 0.2) is 0 Å². The molecule has 0 aliphatic carbocycles. The first kappa shape index (κ1) is 6.70. The number of aliphatic hydroxyl groups excluding tert-OH is 1. The van der Waals surface area contributed by atoms with E-state index in [1.165, 1.54) is 21.1 Å². The van der Waals surface area contributed by atoms with Crippen LogP contribution in [0.4, 0.5) is 0 Å². The molecule has 0 fully saturated rings. The van der Waals surface area contributed by atoms with Gasteiger partial charge in [0, 0.05) is 0 Å². The van der Waals surface area contributed by atoms with Gasteiger partial charge in [0.2, 0.25) is 0 Å². The first-order chi connectivity index (χ1) is 2.81. The van der Waals surface area contributed by atoms with Crippen LogP contribution in [0.5, 0.6) is 0 Å². The van der Waals surface area contributed by atoms with Crippen LogP contribution in [-0.2, 0) is 21.1 Å². The van der Waals surface area contributed by atoms with Crippen LogP contribution < -0.4 is 0 Å². The summed E-state index contributed by atoms with van der Waals surface area (Å²) in [6, 6.07) is 0. The van der Waals surface area contributed by atoms with Gasteiger partial charge in [0.15, 0.2) is 0 Å². The van der Waals surface area contributed by atoms with Crippen molar-refractivity contribution in [2.24, 2.45) is 0 Å². The molecular weight excluding hydrogens is 245 g/mol. The summed E-state index contributed by atoms with van der Waals surface area (Å²) in [4.78, 5) is 0. The van der Waals surface area contributed by atoms with Crippen LogP contribution in [0.2, 0.25) is 4.64 Å². The van der Waals surface area contributed by atoms with Crippen molar-refractivity contribution in [1.82, 2.24) is 0 Å². The average Bonchev–Trinajstić information content (AvgIpc) is 1.65. The molecule has 0 aromatic heterocycles. The molecule has 0 radical (unpaired) electrons. The predicted octanol–water partition coefficient (Wildman–Crippen LogP) is 0.722. The number of rotatable bonds is 2. The van der Waals surface area contributed by atoms with E-state index in [2.05, 4.69) is 0 Å². The van der Waals surface area contributed by atoms with Crippen molar-refractivity contribution in [3.63, 3.8) is 0 Å². The zero-order valence-corrected chi connectivity index (χ0v) is 7.10. The van der Waals surface area contributed by atoms with Gasteiger partial charge in [0.05, 0.1) is 0 Å². The average molecular weight is 254 g/mol. The van der Waals surface area contributed by atoms with E-state index in [-0.39, 0.29) is 6.10 Å². The summed E-state index contributed by atoms with van der Waals surface area (Å²) in [6.07, 6.45) is 0.898. The van der Waals surface area contributed by atoms with Gasteiger partial charge in [0.1, 0.15) is 0 Å². The molecule has 2 heteroatoms. The van der Waals surface area contributed by atoms with Crippen molar-refractivity contribution in [2.45, 2.75) is 24.1 Å². The third kappa shape index (κ3) is 2.91. The van der Waals surface area contributed by atoms with Gasteiger partial charge in [-0.2, -0.15) is 0 Å². The van der Waals surface area contributed by atoms with Gasteiger partial charge in [-0.3, -0.25) is 0 Å². The van der Waals surface area contributed by atoms with Crippen LogP contribution in [0.25, 0.3) is 0 Å². The maximum absolute atomic E-state index is 8.69. The molecule has 0 saturated heterocycles. The molecule has 0 amide bonds. The van der Waals surface area contributed by atoms with E-state index in [1.54, 1.807) is 0 Å². The molecule has 0 heterocycles. The summed E-state index contributed by atoms with van der Waals surface area (Å²) in [7, 11) is 0. The van der Waals surface area contributed by atoms with E-state index in [1.807, 2.05) is 6.92 Å². The topological polar surface area (TPSA) is 20.2 Å². The molecule has 1 nitrogen and oxygen atoms in total. The summed E-state index contributed by atoms with van der Waals surface area (Å²) in [6.45, 7) is 2.00. The Bertz CT molecular complexity index is 26.7. The molecule has 1 unspecified atom stereocenters. The minimum atomic E-state index is -0.0154. The zero-order chi connectivity index (χ0) is 4.99. The van der Waals surface area contributed by atoms with E-state index >= 15 is 0 Å². The predicted molar refractivity (Wildman–Crippen MR) is 21.1 cm³/mol. The fraction of sp³-hybridized carbons (Fsp3) is 1.00. The summed E-state index contributed by atoms with van der Waals surface area (Å²) < 4.78 is 0.997. The molecule has 1 N–H and O–H groups in total. The Hall–Kier alpha value is 0.700. The monoisotopic (exact) mass is 254 g/mol. The van der Waals surface area contributed by atoms with Gasteiger partial charge in [-0.25, -0.2) is 0 Å². The normalized spacial score (nSPS) is 14.3. The molecular formula is C4H9OTa. The third-order valence-electron chi connectivity index (χ3n) is 0.682.